The Labute approximate surface area is 147 Å². The molecule has 0 saturated heterocycles. The maximum absolute atomic E-state index is 4.61. The molecule has 1 unspecified atom stereocenters. The Hall–Kier alpha value is -1.70. The van der Waals surface area contributed by atoms with Crippen LogP contribution in [0, 0.1) is 0 Å². The third-order valence-corrected chi connectivity index (χ3v) is 4.72. The average molecular weight is 325 g/mol. The van der Waals surface area contributed by atoms with Crippen LogP contribution in [0.3, 0.4) is 0 Å². The minimum absolute atomic E-state index is 0.617. The van der Waals surface area contributed by atoms with Crippen LogP contribution in [0.5, 0.6) is 0 Å². The second-order valence-corrected chi connectivity index (χ2v) is 6.75. The number of unbranched alkanes of at least 4 members (excludes halogenated alkanes) is 5. The molecule has 0 radical (unpaired) electrons. The standard InChI is InChI=1S/C22H32N2/c1-3-5-6-7-8-10-14-19(13-4-2)21-17-23-22(24-18-21)20-15-11-9-12-16-20/h9,11-12,15-19H,3-8,10,13-14H2,1-2H3. The summed E-state index contributed by atoms with van der Waals surface area (Å²) in [4.78, 5) is 9.22. The van der Waals surface area contributed by atoms with Gasteiger partial charge in [-0.25, -0.2) is 9.97 Å². The van der Waals surface area contributed by atoms with Gasteiger partial charge < -0.3 is 0 Å². The van der Waals surface area contributed by atoms with Gasteiger partial charge in [0.05, 0.1) is 0 Å². The van der Waals surface area contributed by atoms with Crippen molar-refractivity contribution in [1.29, 1.82) is 0 Å². The van der Waals surface area contributed by atoms with E-state index in [9.17, 15) is 0 Å². The normalized spacial score (nSPS) is 12.2. The third kappa shape index (κ3) is 6.07. The molecule has 0 aliphatic rings. The van der Waals surface area contributed by atoms with Gasteiger partial charge >= 0.3 is 0 Å². The van der Waals surface area contributed by atoms with Gasteiger partial charge in [0, 0.05) is 18.0 Å². The van der Waals surface area contributed by atoms with Crippen LogP contribution in [0.15, 0.2) is 42.7 Å². The van der Waals surface area contributed by atoms with Crippen LogP contribution in [0.25, 0.3) is 11.4 Å². The topological polar surface area (TPSA) is 25.8 Å². The van der Waals surface area contributed by atoms with Gasteiger partial charge in [0.2, 0.25) is 0 Å². The Bertz CT molecular complexity index is 548. The van der Waals surface area contributed by atoms with Crippen LogP contribution in [0.2, 0.25) is 0 Å². The summed E-state index contributed by atoms with van der Waals surface area (Å²) in [6, 6.07) is 10.2. The molecule has 130 valence electrons. The van der Waals surface area contributed by atoms with E-state index in [4.69, 9.17) is 0 Å². The fourth-order valence-electron chi connectivity index (χ4n) is 3.28. The molecule has 2 aromatic rings. The monoisotopic (exact) mass is 324 g/mol. The Morgan fingerprint density at radius 3 is 2.08 bits per heavy atom. The van der Waals surface area contributed by atoms with Crippen LogP contribution in [0.4, 0.5) is 0 Å². The maximum Gasteiger partial charge on any atom is 0.159 e. The molecule has 2 rings (SSSR count). The molecule has 0 amide bonds. The summed E-state index contributed by atoms with van der Waals surface area (Å²) in [6.07, 6.45) is 16.0. The first-order valence-electron chi connectivity index (χ1n) is 9.72. The molecule has 0 N–H and O–H groups in total. The zero-order valence-electron chi connectivity index (χ0n) is 15.4. The van der Waals surface area contributed by atoms with Crippen molar-refractivity contribution in [2.45, 2.75) is 77.6 Å². The summed E-state index contributed by atoms with van der Waals surface area (Å²) >= 11 is 0. The minimum atomic E-state index is 0.617. The van der Waals surface area contributed by atoms with Gasteiger partial charge in [-0.1, -0.05) is 89.1 Å². The zero-order chi connectivity index (χ0) is 17.0. The third-order valence-electron chi connectivity index (χ3n) is 4.72. The maximum atomic E-state index is 4.61. The number of aromatic nitrogens is 2. The minimum Gasteiger partial charge on any atom is -0.236 e. The van der Waals surface area contributed by atoms with Crippen molar-refractivity contribution in [3.8, 4) is 11.4 Å². The number of hydrogen-bond acceptors (Lipinski definition) is 2. The molecule has 1 aromatic carbocycles. The lowest BCUT2D eigenvalue weighted by Crippen LogP contribution is -2.01. The molecule has 0 bridgehead atoms. The fraction of sp³-hybridized carbons (Fsp3) is 0.545. The largest absolute Gasteiger partial charge is 0.236 e. The Balaban J connectivity index is 1.90. The van der Waals surface area contributed by atoms with Crippen molar-refractivity contribution in [1.82, 2.24) is 9.97 Å². The number of benzene rings is 1. The van der Waals surface area contributed by atoms with Crippen molar-refractivity contribution in [2.75, 3.05) is 0 Å². The fourth-order valence-corrected chi connectivity index (χ4v) is 3.28. The predicted molar refractivity (Wildman–Crippen MR) is 103 cm³/mol. The van der Waals surface area contributed by atoms with Gasteiger partial charge in [-0.3, -0.25) is 0 Å². The number of hydrogen-bond donors (Lipinski definition) is 0. The average Bonchev–Trinajstić information content (AvgIpc) is 2.64. The summed E-state index contributed by atoms with van der Waals surface area (Å²) in [6.45, 7) is 4.55. The van der Waals surface area contributed by atoms with Gasteiger partial charge in [0.25, 0.3) is 0 Å². The smallest absolute Gasteiger partial charge is 0.159 e. The first kappa shape index (κ1) is 18.6. The molecule has 1 atom stereocenters. The van der Waals surface area contributed by atoms with E-state index < -0.39 is 0 Å². The van der Waals surface area contributed by atoms with Gasteiger partial charge in [-0.15, -0.1) is 0 Å². The quantitative estimate of drug-likeness (QED) is 0.426. The van der Waals surface area contributed by atoms with Crippen LogP contribution in [-0.4, -0.2) is 9.97 Å². The molecular weight excluding hydrogens is 292 g/mol. The molecule has 0 fully saturated rings. The summed E-state index contributed by atoms with van der Waals surface area (Å²) in [5.41, 5.74) is 2.40. The van der Waals surface area contributed by atoms with E-state index in [1.54, 1.807) is 0 Å². The zero-order valence-corrected chi connectivity index (χ0v) is 15.4. The van der Waals surface area contributed by atoms with Crippen molar-refractivity contribution in [2.24, 2.45) is 0 Å². The second-order valence-electron chi connectivity index (χ2n) is 6.75. The molecular formula is C22H32N2. The van der Waals surface area contributed by atoms with E-state index in [1.807, 2.05) is 30.6 Å². The highest BCUT2D eigenvalue weighted by Crippen LogP contribution is 2.27. The Morgan fingerprint density at radius 1 is 0.750 bits per heavy atom. The molecule has 0 spiro atoms. The lowest BCUT2D eigenvalue weighted by molar-refractivity contribution is 0.510. The lowest BCUT2D eigenvalue weighted by Gasteiger charge is -2.16. The van der Waals surface area contributed by atoms with Crippen LogP contribution >= 0.6 is 0 Å². The Morgan fingerprint density at radius 2 is 1.42 bits per heavy atom. The van der Waals surface area contributed by atoms with Gasteiger partial charge in [-0.05, 0) is 24.3 Å². The lowest BCUT2D eigenvalue weighted by atomic mass is 9.91. The molecule has 2 nitrogen and oxygen atoms in total. The molecule has 0 saturated carbocycles. The predicted octanol–water partition coefficient (Wildman–Crippen LogP) is 6.78. The summed E-state index contributed by atoms with van der Waals surface area (Å²) in [7, 11) is 0. The number of nitrogens with zero attached hydrogens (tertiary/aromatic N) is 2. The van der Waals surface area contributed by atoms with Crippen molar-refractivity contribution in [3.05, 3.63) is 48.3 Å². The molecule has 0 aliphatic heterocycles. The highest BCUT2D eigenvalue weighted by molar-refractivity contribution is 5.54. The van der Waals surface area contributed by atoms with Gasteiger partial charge in [0.1, 0.15) is 0 Å². The van der Waals surface area contributed by atoms with Crippen molar-refractivity contribution < 1.29 is 0 Å². The van der Waals surface area contributed by atoms with Crippen LogP contribution < -0.4 is 0 Å². The molecule has 0 aliphatic carbocycles. The second kappa shape index (κ2) is 11.0. The Kier molecular flexibility index (Phi) is 8.51. The van der Waals surface area contributed by atoms with E-state index in [1.165, 1.54) is 63.4 Å². The van der Waals surface area contributed by atoms with Crippen molar-refractivity contribution in [3.63, 3.8) is 0 Å². The summed E-state index contributed by atoms with van der Waals surface area (Å²) in [5.74, 6) is 1.44. The first-order chi connectivity index (χ1) is 11.8. The summed E-state index contributed by atoms with van der Waals surface area (Å²) < 4.78 is 0. The SMILES string of the molecule is CCCCCCCCC(CCC)c1cnc(-c2ccccc2)nc1. The highest BCUT2D eigenvalue weighted by atomic mass is 14.9. The number of rotatable bonds is 11. The van der Waals surface area contributed by atoms with E-state index in [0.29, 0.717) is 5.92 Å². The molecule has 2 heteroatoms. The first-order valence-corrected chi connectivity index (χ1v) is 9.72. The molecule has 1 heterocycles. The van der Waals surface area contributed by atoms with E-state index >= 15 is 0 Å². The van der Waals surface area contributed by atoms with E-state index in [-0.39, 0.29) is 0 Å². The molecule has 1 aromatic heterocycles. The van der Waals surface area contributed by atoms with Crippen molar-refractivity contribution >= 4 is 0 Å². The molecule has 24 heavy (non-hydrogen) atoms. The van der Waals surface area contributed by atoms with E-state index in [2.05, 4.69) is 35.9 Å². The van der Waals surface area contributed by atoms with Crippen LogP contribution in [-0.2, 0) is 0 Å². The summed E-state index contributed by atoms with van der Waals surface area (Å²) in [5, 5.41) is 0. The highest BCUT2D eigenvalue weighted by Gasteiger charge is 2.12. The van der Waals surface area contributed by atoms with Gasteiger partial charge in [0.15, 0.2) is 5.82 Å². The van der Waals surface area contributed by atoms with Gasteiger partial charge in [-0.2, -0.15) is 0 Å². The van der Waals surface area contributed by atoms with Crippen LogP contribution in [0.1, 0.15) is 83.1 Å². The van der Waals surface area contributed by atoms with E-state index in [0.717, 1.165) is 11.4 Å².